The van der Waals surface area contributed by atoms with Crippen molar-refractivity contribution in [2.45, 2.75) is 24.7 Å². The number of amides is 2. The maximum Gasteiger partial charge on any atom is 0.244 e. The van der Waals surface area contributed by atoms with Crippen LogP contribution in [0.4, 0.5) is 5.69 Å². The van der Waals surface area contributed by atoms with Crippen molar-refractivity contribution >= 4 is 29.3 Å². The number of anilines is 1. The molecule has 0 aliphatic carbocycles. The van der Waals surface area contributed by atoms with Crippen molar-refractivity contribution in [1.82, 2.24) is 4.90 Å². The maximum atomic E-state index is 12.2. The van der Waals surface area contributed by atoms with E-state index in [1.54, 1.807) is 18.8 Å². The fraction of sp³-hybridized carbons (Fsp3) is 0.333. The van der Waals surface area contributed by atoms with Crippen LogP contribution in [0.1, 0.15) is 18.4 Å². The number of para-hydroxylation sites is 1. The van der Waals surface area contributed by atoms with Crippen LogP contribution in [0.15, 0.2) is 53.4 Å². The lowest BCUT2D eigenvalue weighted by Gasteiger charge is -2.17. The van der Waals surface area contributed by atoms with Gasteiger partial charge in [0.2, 0.25) is 11.8 Å². The minimum absolute atomic E-state index is 0.0281. The fourth-order valence-electron chi connectivity index (χ4n) is 2.55. The van der Waals surface area contributed by atoms with Gasteiger partial charge in [-0.05, 0) is 49.4 Å². The first-order valence-electron chi connectivity index (χ1n) is 8.86. The number of rotatable bonds is 9. The van der Waals surface area contributed by atoms with Gasteiger partial charge in [-0.15, -0.1) is 11.8 Å². The summed E-state index contributed by atoms with van der Waals surface area (Å²) in [7, 11) is 1.64. The number of carbonyl (C=O) groups is 2. The number of nitrogens with one attached hydrogen (secondary N) is 1. The second kappa shape index (κ2) is 10.6. The van der Waals surface area contributed by atoms with Gasteiger partial charge in [-0.3, -0.25) is 9.59 Å². The Labute approximate surface area is 165 Å². The quantitative estimate of drug-likeness (QED) is 0.523. The monoisotopic (exact) mass is 386 g/mol. The van der Waals surface area contributed by atoms with E-state index in [9.17, 15) is 9.59 Å². The number of nitrogens with zero attached hydrogens (tertiary/aromatic N) is 1. The molecule has 0 radical (unpaired) electrons. The van der Waals surface area contributed by atoms with Gasteiger partial charge in [0, 0.05) is 18.4 Å². The van der Waals surface area contributed by atoms with Crippen LogP contribution in [0, 0.1) is 6.92 Å². The van der Waals surface area contributed by atoms with Gasteiger partial charge in [0.15, 0.2) is 0 Å². The Hall–Kier alpha value is -2.47. The van der Waals surface area contributed by atoms with Crippen LogP contribution >= 0.6 is 11.8 Å². The highest BCUT2D eigenvalue weighted by molar-refractivity contribution is 7.98. The molecule has 144 valence electrons. The van der Waals surface area contributed by atoms with E-state index >= 15 is 0 Å². The van der Waals surface area contributed by atoms with Crippen LogP contribution < -0.4 is 10.1 Å². The van der Waals surface area contributed by atoms with Crippen molar-refractivity contribution in [2.75, 3.05) is 31.8 Å². The highest BCUT2D eigenvalue weighted by Crippen LogP contribution is 2.24. The van der Waals surface area contributed by atoms with Crippen molar-refractivity contribution in [1.29, 1.82) is 0 Å². The topological polar surface area (TPSA) is 58.6 Å². The summed E-state index contributed by atoms with van der Waals surface area (Å²) in [5, 5.41) is 2.86. The molecule has 27 heavy (non-hydrogen) atoms. The third-order valence-electron chi connectivity index (χ3n) is 3.98. The summed E-state index contributed by atoms with van der Waals surface area (Å²) in [5.41, 5.74) is 1.90. The van der Waals surface area contributed by atoms with Crippen molar-refractivity contribution in [3.8, 4) is 5.75 Å². The van der Waals surface area contributed by atoms with Gasteiger partial charge in [-0.1, -0.05) is 24.3 Å². The Morgan fingerprint density at radius 3 is 2.67 bits per heavy atom. The molecule has 0 bridgehead atoms. The summed E-state index contributed by atoms with van der Waals surface area (Å²) in [5.74, 6) is 0.530. The molecular weight excluding hydrogens is 360 g/mol. The van der Waals surface area contributed by atoms with Gasteiger partial charge in [-0.2, -0.15) is 0 Å². The molecule has 5 nitrogen and oxygen atoms in total. The smallest absolute Gasteiger partial charge is 0.244 e. The number of carbonyl (C=O) groups excluding carboxylic acids is 2. The summed E-state index contributed by atoms with van der Waals surface area (Å²) in [4.78, 5) is 26.9. The minimum Gasteiger partial charge on any atom is -0.494 e. The average molecular weight is 387 g/mol. The Morgan fingerprint density at radius 1 is 1.15 bits per heavy atom. The largest absolute Gasteiger partial charge is 0.494 e. The number of likely N-dealkylation sites (N-methyl/N-ethyl adjacent to an activating group) is 1. The van der Waals surface area contributed by atoms with Gasteiger partial charge in [0.25, 0.3) is 0 Å². The zero-order valence-electron chi connectivity index (χ0n) is 16.0. The molecule has 0 aliphatic heterocycles. The normalized spacial score (nSPS) is 10.3. The van der Waals surface area contributed by atoms with E-state index in [0.717, 1.165) is 21.9 Å². The van der Waals surface area contributed by atoms with Gasteiger partial charge in [0.05, 0.1) is 18.8 Å². The van der Waals surface area contributed by atoms with Gasteiger partial charge >= 0.3 is 0 Å². The molecule has 0 spiro atoms. The molecule has 2 aromatic rings. The summed E-state index contributed by atoms with van der Waals surface area (Å²) in [6.45, 7) is 2.50. The molecule has 6 heteroatoms. The predicted molar refractivity (Wildman–Crippen MR) is 110 cm³/mol. The van der Waals surface area contributed by atoms with Crippen molar-refractivity contribution < 1.29 is 14.3 Å². The number of benzene rings is 2. The molecule has 2 rings (SSSR count). The van der Waals surface area contributed by atoms with E-state index in [0.29, 0.717) is 19.4 Å². The second-order valence-corrected chi connectivity index (χ2v) is 7.11. The van der Waals surface area contributed by atoms with Crippen LogP contribution in [0.3, 0.4) is 0 Å². The highest BCUT2D eigenvalue weighted by atomic mass is 32.2. The Kier molecular flexibility index (Phi) is 8.20. The van der Waals surface area contributed by atoms with Crippen molar-refractivity contribution in [3.63, 3.8) is 0 Å². The molecule has 2 aromatic carbocycles. The third-order valence-corrected chi connectivity index (χ3v) is 4.78. The molecule has 0 saturated carbocycles. The lowest BCUT2D eigenvalue weighted by Crippen LogP contribution is -2.35. The highest BCUT2D eigenvalue weighted by Gasteiger charge is 2.14. The van der Waals surface area contributed by atoms with E-state index in [1.165, 1.54) is 4.90 Å². The lowest BCUT2D eigenvalue weighted by atomic mass is 10.2. The average Bonchev–Trinajstić information content (AvgIpc) is 2.65. The van der Waals surface area contributed by atoms with Crippen molar-refractivity contribution in [3.05, 3.63) is 54.1 Å². The molecular formula is C21H26N2O3S. The molecule has 1 N–H and O–H groups in total. The molecule has 0 heterocycles. The zero-order valence-corrected chi connectivity index (χ0v) is 16.8. The van der Waals surface area contributed by atoms with E-state index in [1.807, 2.05) is 61.7 Å². The number of thioether (sulfide) groups is 1. The van der Waals surface area contributed by atoms with E-state index in [-0.39, 0.29) is 18.4 Å². The van der Waals surface area contributed by atoms with Gasteiger partial charge in [0.1, 0.15) is 5.75 Å². The fourth-order valence-corrected chi connectivity index (χ4v) is 3.10. The third kappa shape index (κ3) is 6.98. The van der Waals surface area contributed by atoms with Crippen molar-refractivity contribution in [2.24, 2.45) is 0 Å². The van der Waals surface area contributed by atoms with Crippen LogP contribution in [0.2, 0.25) is 0 Å². The Balaban J connectivity index is 1.72. The summed E-state index contributed by atoms with van der Waals surface area (Å²) in [6, 6.07) is 15.4. The number of ether oxygens (including phenoxy) is 1. The Morgan fingerprint density at radius 2 is 1.93 bits per heavy atom. The lowest BCUT2D eigenvalue weighted by molar-refractivity contribution is -0.133. The van der Waals surface area contributed by atoms with Crippen LogP contribution in [0.5, 0.6) is 5.75 Å². The zero-order chi connectivity index (χ0) is 19.6. The predicted octanol–water partition coefficient (Wildman–Crippen LogP) is 3.97. The molecule has 2 amide bonds. The van der Waals surface area contributed by atoms with Crippen LogP contribution in [0.25, 0.3) is 0 Å². The van der Waals surface area contributed by atoms with E-state index in [4.69, 9.17) is 4.74 Å². The number of hydrogen-bond donors (Lipinski definition) is 1. The minimum atomic E-state index is -0.205. The SMILES string of the molecule is CSc1ccccc1NC(=O)CN(C)C(=O)CCCOc1cccc(C)c1. The first-order valence-corrected chi connectivity index (χ1v) is 10.1. The van der Waals surface area contributed by atoms with E-state index < -0.39 is 0 Å². The molecule has 0 unspecified atom stereocenters. The molecule has 0 atom stereocenters. The Bertz CT molecular complexity index is 780. The first-order chi connectivity index (χ1) is 13.0. The van der Waals surface area contributed by atoms with Gasteiger partial charge in [-0.25, -0.2) is 0 Å². The maximum absolute atomic E-state index is 12.2. The van der Waals surface area contributed by atoms with Crippen LogP contribution in [-0.4, -0.2) is 43.2 Å². The summed E-state index contributed by atoms with van der Waals surface area (Å²) < 4.78 is 5.65. The first kappa shape index (κ1) is 20.8. The summed E-state index contributed by atoms with van der Waals surface area (Å²) >= 11 is 1.57. The number of aryl methyl sites for hydroxylation is 1. The second-order valence-electron chi connectivity index (χ2n) is 6.27. The molecule has 0 saturated heterocycles. The molecule has 0 aliphatic rings. The standard InChI is InChI=1S/C21H26N2O3S/c1-16-8-6-9-17(14-16)26-13-7-12-21(25)23(2)15-20(24)22-18-10-4-5-11-19(18)27-3/h4-6,8-11,14H,7,12-13,15H2,1-3H3,(H,22,24). The number of hydrogen-bond acceptors (Lipinski definition) is 4. The molecule has 0 fully saturated rings. The van der Waals surface area contributed by atoms with Crippen LogP contribution in [-0.2, 0) is 9.59 Å². The molecule has 0 aromatic heterocycles. The van der Waals surface area contributed by atoms with Gasteiger partial charge < -0.3 is 15.0 Å². The summed E-state index contributed by atoms with van der Waals surface area (Å²) in [6.07, 6.45) is 2.91. The van der Waals surface area contributed by atoms with E-state index in [2.05, 4.69) is 5.32 Å².